The molecule has 3 heteroatoms. The Morgan fingerprint density at radius 3 is 2.44 bits per heavy atom. The maximum Gasteiger partial charge on any atom is 0.133 e. The summed E-state index contributed by atoms with van der Waals surface area (Å²) in [5.74, 6) is -0.307. The largest absolute Gasteiger partial charge is 0.319 e. The van der Waals surface area contributed by atoms with Crippen LogP contribution in [0.4, 0.5) is 4.39 Å². The van der Waals surface area contributed by atoms with Gasteiger partial charge in [-0.2, -0.15) is 0 Å². The summed E-state index contributed by atoms with van der Waals surface area (Å²) in [4.78, 5) is 0. The van der Waals surface area contributed by atoms with E-state index >= 15 is 0 Å². The number of benzene rings is 1. The Hall–Kier alpha value is -0.620. The number of halogens is 1. The van der Waals surface area contributed by atoms with E-state index in [2.05, 4.69) is 0 Å². The highest BCUT2D eigenvalue weighted by Gasteiger charge is 2.32. The maximum absolute atomic E-state index is 13.7. The summed E-state index contributed by atoms with van der Waals surface area (Å²) in [6.45, 7) is 1.75. The van der Waals surface area contributed by atoms with E-state index in [0.717, 1.165) is 25.7 Å². The van der Waals surface area contributed by atoms with Crippen LogP contribution >= 0.6 is 7.14 Å². The second kappa shape index (κ2) is 4.71. The lowest BCUT2D eigenvalue weighted by Gasteiger charge is -2.28. The van der Waals surface area contributed by atoms with Crippen LogP contribution in [0.15, 0.2) is 24.3 Å². The van der Waals surface area contributed by atoms with Crippen molar-refractivity contribution >= 4 is 12.4 Å². The lowest BCUT2D eigenvalue weighted by atomic mass is 10.0. The predicted molar refractivity (Wildman–Crippen MR) is 66.4 cm³/mol. The van der Waals surface area contributed by atoms with Crippen molar-refractivity contribution < 1.29 is 8.96 Å². The molecular weight excluding hydrogens is 222 g/mol. The van der Waals surface area contributed by atoms with Crippen LogP contribution in [0.5, 0.6) is 0 Å². The first kappa shape index (κ1) is 11.9. The fraction of sp³-hybridized carbons (Fsp3) is 0.538. The lowest BCUT2D eigenvalue weighted by molar-refractivity contribution is 0.487. The smallest absolute Gasteiger partial charge is 0.133 e. The Morgan fingerprint density at radius 2 is 1.81 bits per heavy atom. The maximum atomic E-state index is 13.7. The molecule has 16 heavy (non-hydrogen) atoms. The summed E-state index contributed by atoms with van der Waals surface area (Å²) in [7, 11) is -2.53. The highest BCUT2D eigenvalue weighted by molar-refractivity contribution is 7.71. The third-order valence-electron chi connectivity index (χ3n) is 3.60. The minimum Gasteiger partial charge on any atom is -0.319 e. The normalized spacial score (nSPS) is 21.6. The lowest BCUT2D eigenvalue weighted by Crippen LogP contribution is -2.21. The van der Waals surface area contributed by atoms with E-state index in [1.54, 1.807) is 24.9 Å². The van der Waals surface area contributed by atoms with Gasteiger partial charge in [0, 0.05) is 11.0 Å². The fourth-order valence-electron chi connectivity index (χ4n) is 2.58. The standard InChI is InChI=1S/C13H18FOP/c1-16(15,11-7-3-2-4-8-11)13-10-6-5-9-12(13)14/h5-6,9-11H,2-4,7-8H2,1H3. The van der Waals surface area contributed by atoms with Crippen LogP contribution in [0.3, 0.4) is 0 Å². The monoisotopic (exact) mass is 240 g/mol. The van der Waals surface area contributed by atoms with Gasteiger partial charge in [-0.25, -0.2) is 4.39 Å². The van der Waals surface area contributed by atoms with Crippen LogP contribution in [0.25, 0.3) is 0 Å². The Morgan fingerprint density at radius 1 is 1.19 bits per heavy atom. The molecule has 0 N–H and O–H groups in total. The number of rotatable bonds is 2. The van der Waals surface area contributed by atoms with Gasteiger partial charge in [0.25, 0.3) is 0 Å². The van der Waals surface area contributed by atoms with Gasteiger partial charge in [0.1, 0.15) is 13.0 Å². The Balaban J connectivity index is 2.30. The zero-order valence-electron chi connectivity index (χ0n) is 9.66. The average molecular weight is 240 g/mol. The molecule has 0 aliphatic heterocycles. The van der Waals surface area contributed by atoms with Crippen molar-refractivity contribution in [1.29, 1.82) is 0 Å². The highest BCUT2D eigenvalue weighted by atomic mass is 31.2. The average Bonchev–Trinajstić information content (AvgIpc) is 2.30. The second-order valence-corrected chi connectivity index (χ2v) is 7.93. The molecule has 0 bridgehead atoms. The van der Waals surface area contributed by atoms with Crippen molar-refractivity contribution in [3.8, 4) is 0 Å². The van der Waals surface area contributed by atoms with Crippen molar-refractivity contribution in [1.82, 2.24) is 0 Å². The molecule has 0 aromatic heterocycles. The van der Waals surface area contributed by atoms with Crippen LogP contribution in [0, 0.1) is 5.82 Å². The van der Waals surface area contributed by atoms with E-state index in [4.69, 9.17) is 0 Å². The second-order valence-electron chi connectivity index (χ2n) is 4.73. The highest BCUT2D eigenvalue weighted by Crippen LogP contribution is 2.51. The van der Waals surface area contributed by atoms with Crippen LogP contribution in [0.1, 0.15) is 32.1 Å². The minimum absolute atomic E-state index is 0.193. The van der Waals surface area contributed by atoms with Crippen molar-refractivity contribution in [2.45, 2.75) is 37.8 Å². The van der Waals surface area contributed by atoms with Gasteiger partial charge in [-0.3, -0.25) is 0 Å². The van der Waals surface area contributed by atoms with Gasteiger partial charge in [-0.15, -0.1) is 0 Å². The van der Waals surface area contributed by atoms with Crippen LogP contribution in [-0.4, -0.2) is 12.3 Å². The van der Waals surface area contributed by atoms with Crippen molar-refractivity contribution in [2.75, 3.05) is 6.66 Å². The van der Waals surface area contributed by atoms with Gasteiger partial charge in [0.15, 0.2) is 0 Å². The molecule has 1 saturated carbocycles. The molecule has 1 aliphatic rings. The summed E-state index contributed by atoms with van der Waals surface area (Å²) >= 11 is 0. The first-order chi connectivity index (χ1) is 7.62. The molecule has 1 unspecified atom stereocenters. The summed E-state index contributed by atoms with van der Waals surface area (Å²) in [5, 5.41) is 0.446. The summed E-state index contributed by atoms with van der Waals surface area (Å²) < 4.78 is 26.4. The van der Waals surface area contributed by atoms with Gasteiger partial charge in [0.05, 0.1) is 0 Å². The van der Waals surface area contributed by atoms with Gasteiger partial charge in [0.2, 0.25) is 0 Å². The van der Waals surface area contributed by atoms with Crippen LogP contribution in [0.2, 0.25) is 0 Å². The van der Waals surface area contributed by atoms with Crippen molar-refractivity contribution in [3.63, 3.8) is 0 Å². The van der Waals surface area contributed by atoms with E-state index in [9.17, 15) is 8.96 Å². The van der Waals surface area contributed by atoms with E-state index in [-0.39, 0.29) is 11.5 Å². The Labute approximate surface area is 96.4 Å². The molecule has 1 fully saturated rings. The Bertz CT molecular complexity index is 410. The Kier molecular flexibility index (Phi) is 3.49. The molecule has 1 atom stereocenters. The molecule has 0 radical (unpaired) electrons. The third kappa shape index (κ3) is 2.22. The first-order valence-electron chi connectivity index (χ1n) is 5.94. The van der Waals surface area contributed by atoms with Gasteiger partial charge < -0.3 is 4.57 Å². The van der Waals surface area contributed by atoms with Crippen molar-refractivity contribution in [2.24, 2.45) is 0 Å². The molecule has 1 nitrogen and oxygen atoms in total. The number of hydrogen-bond acceptors (Lipinski definition) is 1. The molecule has 2 rings (SSSR count). The summed E-state index contributed by atoms with van der Waals surface area (Å²) in [5.41, 5.74) is 0.193. The molecular formula is C13H18FOP. The first-order valence-corrected chi connectivity index (χ1v) is 8.17. The molecule has 1 aromatic rings. The molecule has 0 spiro atoms. The zero-order valence-corrected chi connectivity index (χ0v) is 10.6. The minimum atomic E-state index is -2.53. The molecule has 88 valence electrons. The van der Waals surface area contributed by atoms with E-state index in [1.165, 1.54) is 12.5 Å². The molecule has 0 heterocycles. The number of hydrogen-bond donors (Lipinski definition) is 0. The zero-order chi connectivity index (χ0) is 11.6. The fourth-order valence-corrected chi connectivity index (χ4v) is 5.21. The van der Waals surface area contributed by atoms with Crippen LogP contribution in [-0.2, 0) is 4.57 Å². The third-order valence-corrected chi connectivity index (χ3v) is 6.83. The molecule has 0 amide bonds. The predicted octanol–water partition coefficient (Wildman–Crippen LogP) is 3.78. The topological polar surface area (TPSA) is 17.1 Å². The summed E-state index contributed by atoms with van der Waals surface area (Å²) in [6.07, 6.45) is 5.48. The van der Waals surface area contributed by atoms with Gasteiger partial charge in [-0.1, -0.05) is 31.4 Å². The van der Waals surface area contributed by atoms with Gasteiger partial charge in [-0.05, 0) is 31.6 Å². The van der Waals surface area contributed by atoms with Crippen molar-refractivity contribution in [3.05, 3.63) is 30.1 Å². The quantitative estimate of drug-likeness (QED) is 0.719. The summed E-state index contributed by atoms with van der Waals surface area (Å²) in [6, 6.07) is 6.52. The SMILES string of the molecule is CP(=O)(c1ccccc1F)C1CCCCC1. The van der Waals surface area contributed by atoms with Gasteiger partial charge >= 0.3 is 0 Å². The van der Waals surface area contributed by atoms with Crippen LogP contribution < -0.4 is 5.30 Å². The van der Waals surface area contributed by atoms with E-state index in [1.807, 2.05) is 0 Å². The molecule has 0 saturated heterocycles. The van der Waals surface area contributed by atoms with E-state index in [0.29, 0.717) is 5.30 Å². The van der Waals surface area contributed by atoms with E-state index < -0.39 is 7.14 Å². The molecule has 1 aliphatic carbocycles. The molecule has 1 aromatic carbocycles.